The Balaban J connectivity index is 2.18. The maximum Gasteiger partial charge on any atom is 0.123 e. The number of hydrogen-bond donors (Lipinski definition) is 1. The molecule has 0 spiro atoms. The van der Waals surface area contributed by atoms with E-state index >= 15 is 0 Å². The highest BCUT2D eigenvalue weighted by molar-refractivity contribution is 5.36. The van der Waals surface area contributed by atoms with Crippen molar-refractivity contribution >= 4 is 0 Å². The number of nitrogens with zero attached hydrogens (tertiary/aromatic N) is 1. The molecule has 0 aliphatic rings. The van der Waals surface area contributed by atoms with Crippen LogP contribution in [0.15, 0.2) is 47.1 Å². The molecule has 0 radical (unpaired) electrons. The fourth-order valence-corrected chi connectivity index (χ4v) is 2.24. The minimum Gasteiger partial charge on any atom is -0.496 e. The number of furan rings is 1. The fraction of sp³-hybridized carbons (Fsp3) is 0.333. The zero-order valence-corrected chi connectivity index (χ0v) is 11.4. The number of methoxy groups -OCH3 is 1. The van der Waals surface area contributed by atoms with Crippen LogP contribution in [0.4, 0.5) is 0 Å². The zero-order chi connectivity index (χ0) is 13.7. The van der Waals surface area contributed by atoms with Crippen molar-refractivity contribution in [2.24, 2.45) is 5.73 Å². The van der Waals surface area contributed by atoms with Gasteiger partial charge in [0.05, 0.1) is 26.0 Å². The van der Waals surface area contributed by atoms with Crippen molar-refractivity contribution in [1.29, 1.82) is 0 Å². The lowest BCUT2D eigenvalue weighted by Gasteiger charge is -2.27. The Morgan fingerprint density at radius 1 is 1.26 bits per heavy atom. The molecule has 0 bridgehead atoms. The molecule has 1 aromatic carbocycles. The number of hydrogen-bond acceptors (Lipinski definition) is 4. The van der Waals surface area contributed by atoms with E-state index in [1.807, 2.05) is 37.4 Å². The summed E-state index contributed by atoms with van der Waals surface area (Å²) in [6, 6.07) is 11.9. The molecule has 19 heavy (non-hydrogen) atoms. The Hall–Kier alpha value is -1.78. The van der Waals surface area contributed by atoms with E-state index in [4.69, 9.17) is 14.9 Å². The van der Waals surface area contributed by atoms with E-state index in [1.165, 1.54) is 0 Å². The van der Waals surface area contributed by atoms with E-state index in [1.54, 1.807) is 13.4 Å². The average molecular weight is 260 g/mol. The van der Waals surface area contributed by atoms with E-state index < -0.39 is 0 Å². The lowest BCUT2D eigenvalue weighted by atomic mass is 10.0. The van der Waals surface area contributed by atoms with Gasteiger partial charge < -0.3 is 14.9 Å². The lowest BCUT2D eigenvalue weighted by Crippen LogP contribution is -2.30. The van der Waals surface area contributed by atoms with Crippen LogP contribution in [-0.4, -0.2) is 25.6 Å². The summed E-state index contributed by atoms with van der Waals surface area (Å²) in [7, 11) is 3.71. The summed E-state index contributed by atoms with van der Waals surface area (Å²) in [6.07, 6.45) is 1.68. The second-order valence-electron chi connectivity index (χ2n) is 4.49. The Morgan fingerprint density at radius 3 is 2.68 bits per heavy atom. The third-order valence-electron chi connectivity index (χ3n) is 3.24. The van der Waals surface area contributed by atoms with E-state index in [-0.39, 0.29) is 6.04 Å². The van der Waals surface area contributed by atoms with Crippen LogP contribution in [0.2, 0.25) is 0 Å². The van der Waals surface area contributed by atoms with Gasteiger partial charge in [0, 0.05) is 12.1 Å². The molecule has 1 aromatic heterocycles. The van der Waals surface area contributed by atoms with Crippen LogP contribution in [-0.2, 0) is 6.54 Å². The summed E-state index contributed by atoms with van der Waals surface area (Å²) in [5.74, 6) is 1.79. The number of rotatable bonds is 6. The number of benzene rings is 1. The molecule has 2 N–H and O–H groups in total. The van der Waals surface area contributed by atoms with Crippen molar-refractivity contribution in [3.63, 3.8) is 0 Å². The van der Waals surface area contributed by atoms with Gasteiger partial charge in [-0.1, -0.05) is 18.2 Å². The highest BCUT2D eigenvalue weighted by Gasteiger charge is 2.19. The highest BCUT2D eigenvalue weighted by atomic mass is 16.5. The fourth-order valence-electron chi connectivity index (χ4n) is 2.24. The molecule has 0 aliphatic carbocycles. The Kier molecular flexibility index (Phi) is 4.60. The first-order valence-electron chi connectivity index (χ1n) is 6.32. The van der Waals surface area contributed by atoms with Gasteiger partial charge in [0.15, 0.2) is 0 Å². The topological polar surface area (TPSA) is 51.6 Å². The predicted molar refractivity (Wildman–Crippen MR) is 75.0 cm³/mol. The average Bonchev–Trinajstić information content (AvgIpc) is 2.93. The largest absolute Gasteiger partial charge is 0.496 e. The maximum atomic E-state index is 5.93. The van der Waals surface area contributed by atoms with Gasteiger partial charge in [0.25, 0.3) is 0 Å². The van der Waals surface area contributed by atoms with Crippen molar-refractivity contribution < 1.29 is 9.15 Å². The van der Waals surface area contributed by atoms with Crippen molar-refractivity contribution in [2.75, 3.05) is 20.7 Å². The van der Waals surface area contributed by atoms with Gasteiger partial charge in [-0.15, -0.1) is 0 Å². The van der Waals surface area contributed by atoms with Gasteiger partial charge in [0.2, 0.25) is 0 Å². The van der Waals surface area contributed by atoms with Gasteiger partial charge in [0.1, 0.15) is 11.5 Å². The summed E-state index contributed by atoms with van der Waals surface area (Å²) in [6.45, 7) is 1.24. The third-order valence-corrected chi connectivity index (χ3v) is 3.24. The molecule has 0 amide bonds. The highest BCUT2D eigenvalue weighted by Crippen LogP contribution is 2.28. The normalized spacial score (nSPS) is 12.6. The van der Waals surface area contributed by atoms with Crippen molar-refractivity contribution in [3.8, 4) is 5.75 Å². The van der Waals surface area contributed by atoms with E-state index in [0.717, 1.165) is 17.1 Å². The molecule has 1 unspecified atom stereocenters. The quantitative estimate of drug-likeness (QED) is 0.866. The first-order valence-corrected chi connectivity index (χ1v) is 6.32. The standard InChI is InChI=1S/C15H20N2O2/c1-17(11-12-6-5-9-19-12)14(10-16)13-7-3-4-8-15(13)18-2/h3-9,14H,10-11,16H2,1-2H3. The molecule has 0 saturated heterocycles. The first-order chi connectivity index (χ1) is 9.26. The molecule has 2 rings (SSSR count). The van der Waals surface area contributed by atoms with Crippen LogP contribution in [0.25, 0.3) is 0 Å². The maximum absolute atomic E-state index is 5.93. The second kappa shape index (κ2) is 6.41. The molecule has 4 nitrogen and oxygen atoms in total. The third kappa shape index (κ3) is 3.16. The summed E-state index contributed by atoms with van der Waals surface area (Å²) in [5, 5.41) is 0. The van der Waals surface area contributed by atoms with Crippen LogP contribution in [0, 0.1) is 0 Å². The van der Waals surface area contributed by atoms with Crippen LogP contribution >= 0.6 is 0 Å². The minimum atomic E-state index is 0.0984. The predicted octanol–water partition coefficient (Wildman–Crippen LogP) is 2.42. The Labute approximate surface area is 113 Å². The monoisotopic (exact) mass is 260 g/mol. The van der Waals surface area contributed by atoms with Crippen LogP contribution < -0.4 is 10.5 Å². The molecule has 4 heteroatoms. The van der Waals surface area contributed by atoms with E-state index in [0.29, 0.717) is 13.1 Å². The molecule has 2 aromatic rings. The number of para-hydroxylation sites is 1. The lowest BCUT2D eigenvalue weighted by molar-refractivity contribution is 0.218. The van der Waals surface area contributed by atoms with Gasteiger partial charge in [-0.05, 0) is 25.2 Å². The van der Waals surface area contributed by atoms with Gasteiger partial charge in [-0.2, -0.15) is 0 Å². The second-order valence-corrected chi connectivity index (χ2v) is 4.49. The van der Waals surface area contributed by atoms with Crippen molar-refractivity contribution in [1.82, 2.24) is 4.90 Å². The van der Waals surface area contributed by atoms with Gasteiger partial charge in [-0.25, -0.2) is 0 Å². The smallest absolute Gasteiger partial charge is 0.123 e. The summed E-state index contributed by atoms with van der Waals surface area (Å²) in [4.78, 5) is 2.16. The molecule has 0 fully saturated rings. The molecule has 102 valence electrons. The van der Waals surface area contributed by atoms with Crippen molar-refractivity contribution in [3.05, 3.63) is 54.0 Å². The minimum absolute atomic E-state index is 0.0984. The Bertz CT molecular complexity index is 497. The molecule has 0 aliphatic heterocycles. The molecule has 1 heterocycles. The first kappa shape index (κ1) is 13.6. The summed E-state index contributed by atoms with van der Waals surface area (Å²) < 4.78 is 10.8. The van der Waals surface area contributed by atoms with Gasteiger partial charge >= 0.3 is 0 Å². The van der Waals surface area contributed by atoms with E-state index in [9.17, 15) is 0 Å². The van der Waals surface area contributed by atoms with Gasteiger partial charge in [-0.3, -0.25) is 4.90 Å². The summed E-state index contributed by atoms with van der Waals surface area (Å²) >= 11 is 0. The van der Waals surface area contributed by atoms with Crippen LogP contribution in [0.5, 0.6) is 5.75 Å². The zero-order valence-electron chi connectivity index (χ0n) is 11.4. The summed E-state index contributed by atoms with van der Waals surface area (Å²) in [5.41, 5.74) is 7.03. The molecular weight excluding hydrogens is 240 g/mol. The molecular formula is C15H20N2O2. The van der Waals surface area contributed by atoms with E-state index in [2.05, 4.69) is 11.0 Å². The Morgan fingerprint density at radius 2 is 2.05 bits per heavy atom. The van der Waals surface area contributed by atoms with Crippen molar-refractivity contribution in [2.45, 2.75) is 12.6 Å². The number of ether oxygens (including phenoxy) is 1. The van der Waals surface area contributed by atoms with Crippen LogP contribution in [0.1, 0.15) is 17.4 Å². The SMILES string of the molecule is COc1ccccc1C(CN)N(C)Cc1ccco1. The number of nitrogens with two attached hydrogens (primary N) is 1. The number of likely N-dealkylation sites (N-methyl/N-ethyl adjacent to an activating group) is 1. The van der Waals surface area contributed by atoms with Crippen LogP contribution in [0.3, 0.4) is 0 Å². The molecule has 1 atom stereocenters. The molecule has 0 saturated carbocycles.